The number of fused-ring (bicyclic) bond motifs is 1. The molecule has 0 amide bonds. The average Bonchev–Trinajstić information content (AvgIpc) is 3.08. The number of hydrogen-bond donors (Lipinski definition) is 4. The molecule has 0 spiro atoms. The molecular formula is C17H31N5O4Si. The van der Waals surface area contributed by atoms with E-state index in [-0.39, 0.29) is 14.6 Å². The molecule has 1 saturated heterocycles. The number of aliphatic hydroxyl groups excluding tert-OH is 2. The highest BCUT2D eigenvalue weighted by Crippen LogP contribution is 2.39. The van der Waals surface area contributed by atoms with E-state index in [1.54, 1.807) is 0 Å². The van der Waals surface area contributed by atoms with Crippen LogP contribution in [0.3, 0.4) is 0 Å². The van der Waals surface area contributed by atoms with Gasteiger partial charge in [0.05, 0.1) is 12.9 Å². The van der Waals surface area contributed by atoms with Gasteiger partial charge in [-0.15, -0.1) is 0 Å². The lowest BCUT2D eigenvalue weighted by molar-refractivity contribution is -0.0950. The molecule has 0 radical (unpaired) electrons. The Labute approximate surface area is 160 Å². The van der Waals surface area contributed by atoms with Crippen LogP contribution in [-0.2, 0) is 4.74 Å². The highest BCUT2D eigenvalue weighted by molar-refractivity contribution is 6.59. The minimum atomic E-state index is -1.60. The van der Waals surface area contributed by atoms with Crippen molar-refractivity contribution < 1.29 is 20.1 Å². The van der Waals surface area contributed by atoms with E-state index in [0.29, 0.717) is 16.2 Å². The highest BCUT2D eigenvalue weighted by Gasteiger charge is 2.53. The Morgan fingerprint density at radius 1 is 1.30 bits per heavy atom. The first-order chi connectivity index (χ1) is 12.4. The van der Waals surface area contributed by atoms with E-state index in [1.807, 2.05) is 0 Å². The third kappa shape index (κ3) is 4.30. The molecule has 1 fully saturated rings. The predicted molar refractivity (Wildman–Crippen MR) is 106 cm³/mol. The standard InChI is InChI=1S/C11H15N5O4.C6H16Si/c1-11(19)7(18)5(2-17)20-10(11)16-4-15-6-8(12)13-3-14-9(6)16;1-6(2,3)7(4)5/h3-5,7,10,17-19H,2H2,1H3,(H2,12,13,14);7H,1-5H3/t5-,7-,10-,11-;/m1./s1. The zero-order chi connectivity index (χ0) is 20.6. The largest absolute Gasteiger partial charge is 0.394 e. The van der Waals surface area contributed by atoms with Crippen LogP contribution in [0.4, 0.5) is 5.82 Å². The number of ether oxygens (including phenoxy) is 1. The smallest absolute Gasteiger partial charge is 0.168 e. The maximum Gasteiger partial charge on any atom is 0.168 e. The summed E-state index contributed by atoms with van der Waals surface area (Å²) < 4.78 is 6.97. The second-order valence-electron chi connectivity index (χ2n) is 8.48. The minimum absolute atomic E-state index is 0.214. The third-order valence-corrected chi connectivity index (χ3v) is 8.77. The van der Waals surface area contributed by atoms with Crippen LogP contribution in [0.15, 0.2) is 12.7 Å². The molecule has 4 atom stereocenters. The van der Waals surface area contributed by atoms with E-state index >= 15 is 0 Å². The Morgan fingerprint density at radius 3 is 2.37 bits per heavy atom. The van der Waals surface area contributed by atoms with E-state index in [0.717, 1.165) is 0 Å². The molecule has 0 unspecified atom stereocenters. The second kappa shape index (κ2) is 7.80. The summed E-state index contributed by atoms with van der Waals surface area (Å²) in [5.41, 5.74) is 4.87. The van der Waals surface area contributed by atoms with Gasteiger partial charge in [0.15, 0.2) is 17.7 Å². The third-order valence-electron chi connectivity index (χ3n) is 5.31. The lowest BCUT2D eigenvalue weighted by Crippen LogP contribution is -2.44. The zero-order valence-electron chi connectivity index (χ0n) is 16.8. The summed E-state index contributed by atoms with van der Waals surface area (Å²) in [6, 6.07) is 0. The van der Waals surface area contributed by atoms with Crippen molar-refractivity contribution in [3.8, 4) is 0 Å². The fraction of sp³-hybridized carbons (Fsp3) is 0.706. The highest BCUT2D eigenvalue weighted by atomic mass is 28.3. The zero-order valence-corrected chi connectivity index (χ0v) is 17.9. The van der Waals surface area contributed by atoms with Gasteiger partial charge in [0, 0.05) is 8.80 Å². The van der Waals surface area contributed by atoms with Gasteiger partial charge in [0.1, 0.15) is 29.7 Å². The number of nitrogen functional groups attached to an aromatic ring is 1. The first kappa shape index (κ1) is 21.7. The van der Waals surface area contributed by atoms with Crippen LogP contribution in [0.25, 0.3) is 11.2 Å². The Hall–Kier alpha value is -1.59. The number of aromatic nitrogens is 4. The van der Waals surface area contributed by atoms with Crippen LogP contribution in [0.1, 0.15) is 33.9 Å². The van der Waals surface area contributed by atoms with Gasteiger partial charge < -0.3 is 25.8 Å². The first-order valence-corrected chi connectivity index (χ1v) is 11.9. The van der Waals surface area contributed by atoms with Crippen LogP contribution in [-0.4, -0.2) is 68.1 Å². The molecule has 152 valence electrons. The molecule has 2 aromatic heterocycles. The summed E-state index contributed by atoms with van der Waals surface area (Å²) in [5.74, 6) is 0.214. The van der Waals surface area contributed by atoms with E-state index < -0.39 is 30.6 Å². The van der Waals surface area contributed by atoms with Gasteiger partial charge >= 0.3 is 0 Å². The van der Waals surface area contributed by atoms with E-state index in [9.17, 15) is 15.3 Å². The number of imidazole rings is 1. The van der Waals surface area contributed by atoms with Crippen molar-refractivity contribution in [3.05, 3.63) is 12.7 Å². The van der Waals surface area contributed by atoms with Gasteiger partial charge in [0.25, 0.3) is 0 Å². The Morgan fingerprint density at radius 2 is 1.89 bits per heavy atom. The molecule has 2 aromatic rings. The van der Waals surface area contributed by atoms with Gasteiger partial charge in [-0.05, 0) is 12.0 Å². The van der Waals surface area contributed by atoms with Gasteiger partial charge in [-0.3, -0.25) is 4.57 Å². The van der Waals surface area contributed by atoms with E-state index in [1.165, 1.54) is 24.1 Å². The van der Waals surface area contributed by atoms with Crippen molar-refractivity contribution in [1.82, 2.24) is 19.5 Å². The minimum Gasteiger partial charge on any atom is -0.394 e. The molecule has 9 nitrogen and oxygen atoms in total. The topological polar surface area (TPSA) is 140 Å². The molecule has 0 aromatic carbocycles. The molecule has 1 aliphatic heterocycles. The summed E-state index contributed by atoms with van der Waals surface area (Å²) in [4.78, 5) is 12.0. The van der Waals surface area contributed by atoms with Crippen LogP contribution in [0, 0.1) is 0 Å². The van der Waals surface area contributed by atoms with E-state index in [2.05, 4.69) is 48.8 Å². The SMILES string of the molecule is C[C@@]1(O)[C@H](O)[C@@H](CO)O[C@H]1n1cnc2c(N)ncnc21.C[SiH](C)C(C)(C)C. The van der Waals surface area contributed by atoms with Crippen molar-refractivity contribution in [3.63, 3.8) is 0 Å². The van der Waals surface area contributed by atoms with E-state index in [4.69, 9.17) is 10.5 Å². The summed E-state index contributed by atoms with van der Waals surface area (Å²) in [5, 5.41) is 30.2. The molecule has 3 rings (SSSR count). The van der Waals surface area contributed by atoms with Crippen LogP contribution in [0.2, 0.25) is 18.1 Å². The van der Waals surface area contributed by atoms with Crippen molar-refractivity contribution in [2.45, 2.75) is 69.9 Å². The van der Waals surface area contributed by atoms with Gasteiger partial charge in [-0.1, -0.05) is 33.9 Å². The quantitative estimate of drug-likeness (QED) is 0.543. The van der Waals surface area contributed by atoms with Gasteiger partial charge in [-0.25, -0.2) is 15.0 Å². The Kier molecular flexibility index (Phi) is 6.27. The summed E-state index contributed by atoms with van der Waals surface area (Å²) >= 11 is 0. The van der Waals surface area contributed by atoms with Gasteiger partial charge in [0.2, 0.25) is 0 Å². The summed E-state index contributed by atoms with van der Waals surface area (Å²) in [6.45, 7) is 12.8. The molecule has 3 heterocycles. The van der Waals surface area contributed by atoms with Crippen molar-refractivity contribution >= 4 is 25.8 Å². The maximum atomic E-state index is 10.4. The molecule has 0 aliphatic carbocycles. The molecule has 1 aliphatic rings. The molecule has 10 heteroatoms. The van der Waals surface area contributed by atoms with Crippen LogP contribution < -0.4 is 5.73 Å². The summed E-state index contributed by atoms with van der Waals surface area (Å²) in [6.07, 6.45) is -0.365. The number of nitrogens with zero attached hydrogens (tertiary/aromatic N) is 4. The fourth-order valence-electron chi connectivity index (χ4n) is 2.43. The molecule has 5 N–H and O–H groups in total. The monoisotopic (exact) mass is 397 g/mol. The van der Waals surface area contributed by atoms with Crippen molar-refractivity contribution in [2.75, 3.05) is 12.3 Å². The van der Waals surface area contributed by atoms with Crippen molar-refractivity contribution in [2.24, 2.45) is 0 Å². The number of hydrogen-bond acceptors (Lipinski definition) is 8. The number of rotatable bonds is 2. The number of anilines is 1. The van der Waals surface area contributed by atoms with Crippen LogP contribution >= 0.6 is 0 Å². The molecule has 0 saturated carbocycles. The maximum absolute atomic E-state index is 10.4. The molecular weight excluding hydrogens is 366 g/mol. The lowest BCUT2D eigenvalue weighted by Gasteiger charge is -2.27. The Bertz CT molecular complexity index is 774. The predicted octanol–water partition coefficient (Wildman–Crippen LogP) is 0.683. The normalized spacial score (nSPS) is 28.4. The van der Waals surface area contributed by atoms with Crippen LogP contribution in [0.5, 0.6) is 0 Å². The molecule has 0 bridgehead atoms. The van der Waals surface area contributed by atoms with Gasteiger partial charge in [-0.2, -0.15) is 0 Å². The number of aliphatic hydroxyl groups is 3. The lowest BCUT2D eigenvalue weighted by atomic mass is 9.96. The second-order valence-corrected chi connectivity index (χ2v) is 12.5. The Balaban J connectivity index is 0.000000321. The summed E-state index contributed by atoms with van der Waals surface area (Å²) in [7, 11) is -0.359. The first-order valence-electron chi connectivity index (χ1n) is 9.01. The number of nitrogens with two attached hydrogens (primary N) is 1. The fourth-order valence-corrected chi connectivity index (χ4v) is 2.43. The average molecular weight is 398 g/mol. The molecule has 27 heavy (non-hydrogen) atoms. The van der Waals surface area contributed by atoms with Crippen molar-refractivity contribution in [1.29, 1.82) is 0 Å².